The van der Waals surface area contributed by atoms with Crippen LogP contribution < -0.4 is 5.32 Å². The van der Waals surface area contributed by atoms with Crippen molar-refractivity contribution in [2.45, 2.75) is 38.6 Å². The van der Waals surface area contributed by atoms with Crippen molar-refractivity contribution < 1.29 is 9.90 Å². The quantitative estimate of drug-likeness (QED) is 0.748. The third kappa shape index (κ3) is 6.03. The van der Waals surface area contributed by atoms with Crippen LogP contribution in [0.25, 0.3) is 0 Å². The second kappa shape index (κ2) is 8.11. The summed E-state index contributed by atoms with van der Waals surface area (Å²) in [5.41, 5.74) is 1.16. The number of benzene rings is 1. The minimum Gasteiger partial charge on any atom is -0.396 e. The van der Waals surface area contributed by atoms with Gasteiger partial charge in [0.25, 0.3) is 0 Å². The molecule has 2 N–H and O–H groups in total. The van der Waals surface area contributed by atoms with Gasteiger partial charge in [-0.2, -0.15) is 0 Å². The molecule has 0 heterocycles. The SMILES string of the molecule is CC(Cc1ccc(Cl)cc1)NC(=O)CCCCO. The molecule has 100 valence electrons. The highest BCUT2D eigenvalue weighted by Gasteiger charge is 2.07. The highest BCUT2D eigenvalue weighted by atomic mass is 35.5. The van der Waals surface area contributed by atoms with Gasteiger partial charge in [0.15, 0.2) is 0 Å². The Morgan fingerprint density at radius 1 is 1.33 bits per heavy atom. The number of carbonyl (C=O) groups is 1. The van der Waals surface area contributed by atoms with E-state index in [1.54, 1.807) is 0 Å². The van der Waals surface area contributed by atoms with Gasteiger partial charge in [-0.3, -0.25) is 4.79 Å². The van der Waals surface area contributed by atoms with Crippen LogP contribution in [0.2, 0.25) is 5.02 Å². The molecule has 0 saturated carbocycles. The van der Waals surface area contributed by atoms with E-state index in [4.69, 9.17) is 16.7 Å². The van der Waals surface area contributed by atoms with Crippen LogP contribution in [0.4, 0.5) is 0 Å². The summed E-state index contributed by atoms with van der Waals surface area (Å²) < 4.78 is 0. The van der Waals surface area contributed by atoms with Crippen molar-refractivity contribution in [1.82, 2.24) is 5.32 Å². The van der Waals surface area contributed by atoms with Crippen LogP contribution in [0.1, 0.15) is 31.7 Å². The van der Waals surface area contributed by atoms with Crippen LogP contribution in [0.5, 0.6) is 0 Å². The molecule has 3 nitrogen and oxygen atoms in total. The average molecular weight is 270 g/mol. The lowest BCUT2D eigenvalue weighted by atomic mass is 10.1. The zero-order chi connectivity index (χ0) is 13.4. The Hall–Kier alpha value is -1.06. The topological polar surface area (TPSA) is 49.3 Å². The number of hydrogen-bond donors (Lipinski definition) is 2. The van der Waals surface area contributed by atoms with Gasteiger partial charge in [0.1, 0.15) is 0 Å². The molecule has 0 aliphatic heterocycles. The molecule has 1 aromatic carbocycles. The van der Waals surface area contributed by atoms with Crippen molar-refractivity contribution in [2.24, 2.45) is 0 Å². The van der Waals surface area contributed by atoms with Gasteiger partial charge in [-0.05, 0) is 43.9 Å². The van der Waals surface area contributed by atoms with E-state index >= 15 is 0 Å². The number of hydrogen-bond acceptors (Lipinski definition) is 2. The van der Waals surface area contributed by atoms with Gasteiger partial charge in [0, 0.05) is 24.1 Å². The van der Waals surface area contributed by atoms with Crippen LogP contribution in [0, 0.1) is 0 Å². The molecule has 1 rings (SSSR count). The van der Waals surface area contributed by atoms with Crippen LogP contribution in [0.3, 0.4) is 0 Å². The monoisotopic (exact) mass is 269 g/mol. The molecule has 1 aromatic rings. The first-order chi connectivity index (χ1) is 8.61. The van der Waals surface area contributed by atoms with Crippen molar-refractivity contribution in [3.63, 3.8) is 0 Å². The van der Waals surface area contributed by atoms with Gasteiger partial charge in [-0.25, -0.2) is 0 Å². The molecule has 1 amide bonds. The number of rotatable bonds is 7. The van der Waals surface area contributed by atoms with Crippen molar-refractivity contribution in [3.05, 3.63) is 34.9 Å². The van der Waals surface area contributed by atoms with E-state index in [1.807, 2.05) is 31.2 Å². The zero-order valence-electron chi connectivity index (χ0n) is 10.7. The normalized spacial score (nSPS) is 12.2. The third-order valence-corrected chi connectivity index (χ3v) is 2.93. The zero-order valence-corrected chi connectivity index (χ0v) is 11.4. The molecule has 0 aliphatic rings. The van der Waals surface area contributed by atoms with E-state index < -0.39 is 0 Å². The first-order valence-corrected chi connectivity index (χ1v) is 6.64. The van der Waals surface area contributed by atoms with Gasteiger partial charge >= 0.3 is 0 Å². The Balaban J connectivity index is 2.30. The molecule has 0 saturated heterocycles. The lowest BCUT2D eigenvalue weighted by Gasteiger charge is -2.14. The highest BCUT2D eigenvalue weighted by molar-refractivity contribution is 6.30. The Morgan fingerprint density at radius 3 is 2.61 bits per heavy atom. The molecule has 0 fully saturated rings. The van der Waals surface area contributed by atoms with Crippen molar-refractivity contribution in [1.29, 1.82) is 0 Å². The van der Waals surface area contributed by atoms with Crippen molar-refractivity contribution >= 4 is 17.5 Å². The van der Waals surface area contributed by atoms with E-state index in [1.165, 1.54) is 0 Å². The van der Waals surface area contributed by atoms with Crippen molar-refractivity contribution in [2.75, 3.05) is 6.61 Å². The molecule has 0 aliphatic carbocycles. The number of nitrogens with one attached hydrogen (secondary N) is 1. The number of carbonyl (C=O) groups excluding carboxylic acids is 1. The van der Waals surface area contributed by atoms with Crippen LogP contribution in [-0.2, 0) is 11.2 Å². The summed E-state index contributed by atoms with van der Waals surface area (Å²) in [7, 11) is 0. The van der Waals surface area contributed by atoms with E-state index in [-0.39, 0.29) is 18.6 Å². The Labute approximate surface area is 113 Å². The largest absolute Gasteiger partial charge is 0.396 e. The molecule has 4 heteroatoms. The molecule has 0 radical (unpaired) electrons. The van der Waals surface area contributed by atoms with Crippen LogP contribution in [0.15, 0.2) is 24.3 Å². The van der Waals surface area contributed by atoms with Gasteiger partial charge in [-0.15, -0.1) is 0 Å². The summed E-state index contributed by atoms with van der Waals surface area (Å²) in [6.45, 7) is 2.13. The number of aliphatic hydroxyl groups is 1. The standard InChI is InChI=1S/C14H20ClNO2/c1-11(16-14(18)4-2-3-9-17)10-12-5-7-13(15)8-6-12/h5-8,11,17H,2-4,9-10H2,1H3,(H,16,18). The highest BCUT2D eigenvalue weighted by Crippen LogP contribution is 2.11. The number of aliphatic hydroxyl groups excluding tert-OH is 1. The molecule has 1 atom stereocenters. The van der Waals surface area contributed by atoms with Gasteiger partial charge < -0.3 is 10.4 Å². The summed E-state index contributed by atoms with van der Waals surface area (Å²) in [5, 5.41) is 12.3. The fourth-order valence-electron chi connectivity index (χ4n) is 1.77. The molecular formula is C14H20ClNO2. The number of amides is 1. The van der Waals surface area contributed by atoms with Gasteiger partial charge in [0.05, 0.1) is 0 Å². The molecule has 0 spiro atoms. The van der Waals surface area contributed by atoms with E-state index in [0.717, 1.165) is 23.4 Å². The maximum atomic E-state index is 11.6. The summed E-state index contributed by atoms with van der Waals surface area (Å²) in [6.07, 6.45) is 2.68. The number of halogens is 1. The third-order valence-electron chi connectivity index (χ3n) is 2.67. The summed E-state index contributed by atoms with van der Waals surface area (Å²) >= 11 is 5.81. The second-order valence-corrected chi connectivity index (χ2v) is 4.92. The summed E-state index contributed by atoms with van der Waals surface area (Å²) in [5.74, 6) is 0.0462. The maximum Gasteiger partial charge on any atom is 0.220 e. The second-order valence-electron chi connectivity index (χ2n) is 4.48. The molecule has 0 aromatic heterocycles. The molecule has 18 heavy (non-hydrogen) atoms. The Bertz CT molecular complexity index is 365. The summed E-state index contributed by atoms with van der Waals surface area (Å²) in [4.78, 5) is 11.6. The number of unbranched alkanes of at least 4 members (excludes halogenated alkanes) is 1. The maximum absolute atomic E-state index is 11.6. The molecule has 0 bridgehead atoms. The minimum atomic E-state index is 0.0462. The first kappa shape index (κ1) is 15.0. The molecule has 1 unspecified atom stereocenters. The Kier molecular flexibility index (Phi) is 6.76. The van der Waals surface area contributed by atoms with Crippen LogP contribution in [-0.4, -0.2) is 23.7 Å². The van der Waals surface area contributed by atoms with E-state index in [2.05, 4.69) is 5.32 Å². The van der Waals surface area contributed by atoms with Crippen LogP contribution >= 0.6 is 11.6 Å². The Morgan fingerprint density at radius 2 is 2.00 bits per heavy atom. The summed E-state index contributed by atoms with van der Waals surface area (Å²) in [6, 6.07) is 7.75. The van der Waals surface area contributed by atoms with Gasteiger partial charge in [0.2, 0.25) is 5.91 Å². The predicted molar refractivity (Wildman–Crippen MR) is 73.7 cm³/mol. The van der Waals surface area contributed by atoms with E-state index in [0.29, 0.717) is 12.8 Å². The smallest absolute Gasteiger partial charge is 0.220 e. The van der Waals surface area contributed by atoms with Crippen molar-refractivity contribution in [3.8, 4) is 0 Å². The predicted octanol–water partition coefficient (Wildman–Crippen LogP) is 2.55. The minimum absolute atomic E-state index is 0.0462. The van der Waals surface area contributed by atoms with E-state index in [9.17, 15) is 4.79 Å². The average Bonchev–Trinajstić information content (AvgIpc) is 2.32. The molecular weight excluding hydrogens is 250 g/mol. The lowest BCUT2D eigenvalue weighted by molar-refractivity contribution is -0.121. The van der Waals surface area contributed by atoms with Gasteiger partial charge in [-0.1, -0.05) is 23.7 Å². The fraction of sp³-hybridized carbons (Fsp3) is 0.500. The lowest BCUT2D eigenvalue weighted by Crippen LogP contribution is -2.33. The first-order valence-electron chi connectivity index (χ1n) is 6.26. The fourth-order valence-corrected chi connectivity index (χ4v) is 1.90.